The van der Waals surface area contributed by atoms with E-state index in [9.17, 15) is 0 Å². The molecule has 0 radical (unpaired) electrons. The van der Waals surface area contributed by atoms with Gasteiger partial charge in [-0.2, -0.15) is 0 Å². The fraction of sp³-hybridized carbons (Fsp3) is 0.455. The van der Waals surface area contributed by atoms with Crippen molar-refractivity contribution in [2.75, 3.05) is 6.54 Å². The van der Waals surface area contributed by atoms with Gasteiger partial charge in [0, 0.05) is 19.0 Å². The van der Waals surface area contributed by atoms with Gasteiger partial charge in [-0.15, -0.1) is 0 Å². The molecular formula is C11H16N2. The molecule has 0 N–H and O–H groups in total. The Balaban J connectivity index is 2.41. The number of rotatable bonds is 4. The highest BCUT2D eigenvalue weighted by molar-refractivity contribution is 5.76. The molecule has 0 bridgehead atoms. The smallest absolute Gasteiger partial charge is 0.0807 e. The zero-order chi connectivity index (χ0) is 9.52. The van der Waals surface area contributed by atoms with E-state index < -0.39 is 0 Å². The van der Waals surface area contributed by atoms with E-state index in [1.165, 1.54) is 6.42 Å². The summed E-state index contributed by atoms with van der Waals surface area (Å²) in [7, 11) is 0. The van der Waals surface area contributed by atoms with E-state index in [0.717, 1.165) is 12.2 Å². The zero-order valence-corrected chi connectivity index (χ0v) is 8.27. The fourth-order valence-corrected chi connectivity index (χ4v) is 0.908. The highest BCUT2D eigenvalue weighted by Gasteiger charge is 1.94. The number of nitrogens with zero attached hydrogens (tertiary/aromatic N) is 2. The number of aliphatic imine (C=N–C) groups is 1. The predicted octanol–water partition coefficient (Wildman–Crippen LogP) is 2.55. The van der Waals surface area contributed by atoms with Crippen LogP contribution >= 0.6 is 0 Å². The van der Waals surface area contributed by atoms with Gasteiger partial charge in [-0.3, -0.25) is 9.98 Å². The molecule has 0 spiro atoms. The van der Waals surface area contributed by atoms with Crippen LogP contribution in [0.2, 0.25) is 0 Å². The van der Waals surface area contributed by atoms with Gasteiger partial charge in [0.2, 0.25) is 0 Å². The second-order valence-corrected chi connectivity index (χ2v) is 3.26. The van der Waals surface area contributed by atoms with Crippen molar-refractivity contribution in [3.05, 3.63) is 30.1 Å². The third-order valence-corrected chi connectivity index (χ3v) is 2.03. The summed E-state index contributed by atoms with van der Waals surface area (Å²) < 4.78 is 0. The van der Waals surface area contributed by atoms with Gasteiger partial charge in [0.05, 0.1) is 5.69 Å². The quantitative estimate of drug-likeness (QED) is 0.647. The van der Waals surface area contributed by atoms with Gasteiger partial charge < -0.3 is 0 Å². The van der Waals surface area contributed by atoms with Crippen LogP contribution in [-0.4, -0.2) is 17.7 Å². The monoisotopic (exact) mass is 176 g/mol. The molecular weight excluding hydrogens is 160 g/mol. The Kier molecular flexibility index (Phi) is 4.16. The standard InChI is InChI=1S/C11H16N2/c1-3-10(2)8-12-9-11-6-4-5-7-13-11/h4-7,9-10H,3,8H2,1-2H3. The molecule has 1 rings (SSSR count). The van der Waals surface area contributed by atoms with Crippen LogP contribution in [-0.2, 0) is 0 Å². The molecule has 1 unspecified atom stereocenters. The molecule has 2 nitrogen and oxygen atoms in total. The van der Waals surface area contributed by atoms with E-state index in [1.807, 2.05) is 24.4 Å². The van der Waals surface area contributed by atoms with Gasteiger partial charge in [-0.1, -0.05) is 26.3 Å². The van der Waals surface area contributed by atoms with Crippen LogP contribution in [0.3, 0.4) is 0 Å². The van der Waals surface area contributed by atoms with Crippen molar-refractivity contribution in [2.45, 2.75) is 20.3 Å². The first kappa shape index (κ1) is 9.90. The molecule has 0 saturated heterocycles. The first-order valence-corrected chi connectivity index (χ1v) is 4.73. The molecule has 1 aromatic rings. The topological polar surface area (TPSA) is 25.2 Å². The highest BCUT2D eigenvalue weighted by atomic mass is 14.7. The first-order chi connectivity index (χ1) is 6.33. The van der Waals surface area contributed by atoms with Crippen molar-refractivity contribution in [3.8, 4) is 0 Å². The molecule has 0 aliphatic carbocycles. The average molecular weight is 176 g/mol. The summed E-state index contributed by atoms with van der Waals surface area (Å²) >= 11 is 0. The molecule has 1 aromatic heterocycles. The average Bonchev–Trinajstić information content (AvgIpc) is 2.19. The van der Waals surface area contributed by atoms with Gasteiger partial charge in [-0.25, -0.2) is 0 Å². The van der Waals surface area contributed by atoms with E-state index in [1.54, 1.807) is 6.20 Å². The number of hydrogen-bond donors (Lipinski definition) is 0. The minimum absolute atomic E-state index is 0.667. The predicted molar refractivity (Wildman–Crippen MR) is 56.2 cm³/mol. The van der Waals surface area contributed by atoms with Crippen molar-refractivity contribution in [1.29, 1.82) is 0 Å². The zero-order valence-electron chi connectivity index (χ0n) is 8.27. The van der Waals surface area contributed by atoms with Gasteiger partial charge in [0.25, 0.3) is 0 Å². The molecule has 0 fully saturated rings. The van der Waals surface area contributed by atoms with Crippen LogP contribution in [0.5, 0.6) is 0 Å². The van der Waals surface area contributed by atoms with E-state index in [-0.39, 0.29) is 0 Å². The Morgan fingerprint density at radius 2 is 2.38 bits per heavy atom. The van der Waals surface area contributed by atoms with Crippen LogP contribution in [0.15, 0.2) is 29.4 Å². The van der Waals surface area contributed by atoms with E-state index in [2.05, 4.69) is 23.8 Å². The lowest BCUT2D eigenvalue weighted by molar-refractivity contribution is 0.578. The van der Waals surface area contributed by atoms with Crippen molar-refractivity contribution < 1.29 is 0 Å². The maximum absolute atomic E-state index is 4.32. The summed E-state index contributed by atoms with van der Waals surface area (Å²) in [4.78, 5) is 8.48. The van der Waals surface area contributed by atoms with Crippen molar-refractivity contribution in [3.63, 3.8) is 0 Å². The van der Waals surface area contributed by atoms with E-state index in [0.29, 0.717) is 5.92 Å². The summed E-state index contributed by atoms with van der Waals surface area (Å²) in [5.41, 5.74) is 0.936. The molecule has 13 heavy (non-hydrogen) atoms. The summed E-state index contributed by atoms with van der Waals surface area (Å²) in [5, 5.41) is 0. The third kappa shape index (κ3) is 3.83. The molecule has 0 aliphatic rings. The van der Waals surface area contributed by atoms with Crippen LogP contribution in [0, 0.1) is 5.92 Å². The van der Waals surface area contributed by atoms with E-state index in [4.69, 9.17) is 0 Å². The Bertz CT molecular complexity index is 254. The van der Waals surface area contributed by atoms with Crippen molar-refractivity contribution in [1.82, 2.24) is 4.98 Å². The second kappa shape index (κ2) is 5.46. The van der Waals surface area contributed by atoms with Crippen molar-refractivity contribution >= 4 is 6.21 Å². The minimum atomic E-state index is 0.667. The van der Waals surface area contributed by atoms with Gasteiger partial charge >= 0.3 is 0 Å². The lowest BCUT2D eigenvalue weighted by atomic mass is 10.1. The van der Waals surface area contributed by atoms with Gasteiger partial charge in [0.15, 0.2) is 0 Å². The van der Waals surface area contributed by atoms with Crippen LogP contribution < -0.4 is 0 Å². The normalized spacial score (nSPS) is 13.4. The Morgan fingerprint density at radius 1 is 1.54 bits per heavy atom. The first-order valence-electron chi connectivity index (χ1n) is 4.73. The molecule has 0 amide bonds. The molecule has 0 saturated carbocycles. The maximum atomic E-state index is 4.32. The Morgan fingerprint density at radius 3 is 3.00 bits per heavy atom. The lowest BCUT2D eigenvalue weighted by Crippen LogP contribution is -1.97. The Hall–Kier alpha value is -1.18. The second-order valence-electron chi connectivity index (χ2n) is 3.26. The maximum Gasteiger partial charge on any atom is 0.0807 e. The van der Waals surface area contributed by atoms with Crippen molar-refractivity contribution in [2.24, 2.45) is 10.9 Å². The molecule has 0 aromatic carbocycles. The molecule has 70 valence electrons. The summed E-state index contributed by atoms with van der Waals surface area (Å²) in [5.74, 6) is 0.667. The van der Waals surface area contributed by atoms with E-state index >= 15 is 0 Å². The van der Waals surface area contributed by atoms with Gasteiger partial charge in [0.1, 0.15) is 0 Å². The van der Waals surface area contributed by atoms with Gasteiger partial charge in [-0.05, 0) is 18.1 Å². The number of aromatic nitrogens is 1. The summed E-state index contributed by atoms with van der Waals surface area (Å²) in [6.45, 7) is 5.28. The third-order valence-electron chi connectivity index (χ3n) is 2.03. The SMILES string of the molecule is CCC(C)CN=Cc1ccccn1. The van der Waals surface area contributed by atoms with Crippen LogP contribution in [0.4, 0.5) is 0 Å². The molecule has 1 atom stereocenters. The summed E-state index contributed by atoms with van der Waals surface area (Å²) in [6, 6.07) is 5.84. The number of hydrogen-bond acceptors (Lipinski definition) is 2. The molecule has 0 aliphatic heterocycles. The summed E-state index contributed by atoms with van der Waals surface area (Å²) in [6.07, 6.45) is 4.80. The van der Waals surface area contributed by atoms with Crippen LogP contribution in [0.1, 0.15) is 26.0 Å². The largest absolute Gasteiger partial charge is 0.291 e. The molecule has 1 heterocycles. The fourth-order valence-electron chi connectivity index (χ4n) is 0.908. The number of pyridine rings is 1. The van der Waals surface area contributed by atoms with Crippen LogP contribution in [0.25, 0.3) is 0 Å². The molecule has 2 heteroatoms. The Labute approximate surface area is 79.7 Å². The lowest BCUT2D eigenvalue weighted by Gasteiger charge is -2.01. The minimum Gasteiger partial charge on any atom is -0.291 e. The highest BCUT2D eigenvalue weighted by Crippen LogP contribution is 2.00.